The van der Waals surface area contributed by atoms with Crippen LogP contribution in [0.4, 0.5) is 0 Å². The number of carbonyl (C=O) groups is 2. The predicted molar refractivity (Wildman–Crippen MR) is 75.9 cm³/mol. The van der Waals surface area contributed by atoms with Gasteiger partial charge in [-0.05, 0) is 12.8 Å². The minimum absolute atomic E-state index is 0.0608. The van der Waals surface area contributed by atoms with E-state index in [1.807, 2.05) is 30.3 Å². The van der Waals surface area contributed by atoms with E-state index in [1.165, 1.54) is 11.3 Å². The first-order valence-electron chi connectivity index (χ1n) is 6.35. The predicted octanol–water partition coefficient (Wildman–Crippen LogP) is 1.98. The van der Waals surface area contributed by atoms with Gasteiger partial charge < -0.3 is 0 Å². The summed E-state index contributed by atoms with van der Waals surface area (Å²) in [5.41, 5.74) is 6.09. The fraction of sp³-hybridized carbons (Fsp3) is 0.214. The number of hydrogen-bond acceptors (Lipinski definition) is 4. The van der Waals surface area contributed by atoms with Crippen LogP contribution in [0.1, 0.15) is 23.3 Å². The summed E-state index contributed by atoms with van der Waals surface area (Å²) in [6.07, 6.45) is 1.80. The Kier molecular flexibility index (Phi) is 3.47. The van der Waals surface area contributed by atoms with Gasteiger partial charge in [-0.3, -0.25) is 20.4 Å². The number of nitrogens with zero attached hydrogens (tertiary/aromatic N) is 1. The maximum absolute atomic E-state index is 11.9. The molecule has 1 fully saturated rings. The molecule has 0 bridgehead atoms. The van der Waals surface area contributed by atoms with Gasteiger partial charge >= 0.3 is 0 Å². The zero-order chi connectivity index (χ0) is 13.9. The van der Waals surface area contributed by atoms with Crippen molar-refractivity contribution < 1.29 is 9.59 Å². The van der Waals surface area contributed by atoms with Gasteiger partial charge in [-0.1, -0.05) is 30.3 Å². The van der Waals surface area contributed by atoms with Crippen LogP contribution in [0.25, 0.3) is 10.6 Å². The highest BCUT2D eigenvalue weighted by atomic mass is 32.1. The van der Waals surface area contributed by atoms with Crippen LogP contribution < -0.4 is 10.9 Å². The van der Waals surface area contributed by atoms with Crippen molar-refractivity contribution in [1.29, 1.82) is 0 Å². The molecule has 102 valence electrons. The van der Waals surface area contributed by atoms with Gasteiger partial charge in [-0.15, -0.1) is 11.3 Å². The van der Waals surface area contributed by atoms with Crippen LogP contribution in [0.15, 0.2) is 35.7 Å². The fourth-order valence-corrected chi connectivity index (χ4v) is 2.53. The van der Waals surface area contributed by atoms with E-state index in [0.29, 0.717) is 5.69 Å². The summed E-state index contributed by atoms with van der Waals surface area (Å²) in [7, 11) is 0. The van der Waals surface area contributed by atoms with Crippen molar-refractivity contribution >= 4 is 23.2 Å². The summed E-state index contributed by atoms with van der Waals surface area (Å²) in [5.74, 6) is -0.458. The van der Waals surface area contributed by atoms with Gasteiger partial charge in [0.1, 0.15) is 10.7 Å². The molecule has 6 heteroatoms. The number of aromatic nitrogens is 1. The van der Waals surface area contributed by atoms with Crippen molar-refractivity contribution in [2.75, 3.05) is 0 Å². The van der Waals surface area contributed by atoms with Gasteiger partial charge in [0.05, 0.1) is 0 Å². The lowest BCUT2D eigenvalue weighted by Crippen LogP contribution is -2.42. The zero-order valence-corrected chi connectivity index (χ0v) is 11.4. The molecule has 0 aliphatic heterocycles. The van der Waals surface area contributed by atoms with Crippen molar-refractivity contribution in [3.05, 3.63) is 41.4 Å². The highest BCUT2D eigenvalue weighted by Crippen LogP contribution is 2.28. The van der Waals surface area contributed by atoms with Gasteiger partial charge in [-0.25, -0.2) is 4.98 Å². The molecule has 1 saturated carbocycles. The van der Waals surface area contributed by atoms with E-state index >= 15 is 0 Å². The molecule has 0 atom stereocenters. The van der Waals surface area contributed by atoms with Gasteiger partial charge in [0, 0.05) is 16.9 Å². The van der Waals surface area contributed by atoms with E-state index in [2.05, 4.69) is 15.8 Å². The molecule has 0 spiro atoms. The summed E-state index contributed by atoms with van der Waals surface area (Å²) in [4.78, 5) is 27.6. The third-order valence-electron chi connectivity index (χ3n) is 3.00. The first-order valence-corrected chi connectivity index (χ1v) is 7.23. The van der Waals surface area contributed by atoms with Crippen LogP contribution in [-0.4, -0.2) is 16.8 Å². The summed E-state index contributed by atoms with van der Waals surface area (Å²) in [6.45, 7) is 0. The average Bonchev–Trinajstić information content (AvgIpc) is 3.22. The normalized spacial score (nSPS) is 13.8. The van der Waals surface area contributed by atoms with Gasteiger partial charge in [-0.2, -0.15) is 0 Å². The van der Waals surface area contributed by atoms with Crippen molar-refractivity contribution in [2.45, 2.75) is 12.8 Å². The van der Waals surface area contributed by atoms with Crippen LogP contribution >= 0.6 is 11.3 Å². The van der Waals surface area contributed by atoms with E-state index in [9.17, 15) is 9.59 Å². The van der Waals surface area contributed by atoms with Crippen LogP contribution in [0.5, 0.6) is 0 Å². The molecule has 1 aromatic carbocycles. The molecule has 0 saturated heterocycles. The van der Waals surface area contributed by atoms with E-state index in [4.69, 9.17) is 0 Å². The number of carbonyl (C=O) groups excluding carboxylic acids is 2. The van der Waals surface area contributed by atoms with E-state index in [0.717, 1.165) is 23.4 Å². The number of rotatable bonds is 3. The molecule has 2 amide bonds. The number of hydrazine groups is 1. The molecular weight excluding hydrogens is 274 g/mol. The molecule has 20 heavy (non-hydrogen) atoms. The van der Waals surface area contributed by atoms with Crippen LogP contribution in [0.2, 0.25) is 0 Å². The summed E-state index contributed by atoms with van der Waals surface area (Å²) in [6, 6.07) is 9.65. The van der Waals surface area contributed by atoms with Gasteiger partial charge in [0.15, 0.2) is 0 Å². The number of thiazole rings is 1. The second-order valence-electron chi connectivity index (χ2n) is 4.62. The Labute approximate surface area is 120 Å². The first kappa shape index (κ1) is 12.8. The lowest BCUT2D eigenvalue weighted by atomic mass is 10.2. The van der Waals surface area contributed by atoms with Crippen LogP contribution in [0, 0.1) is 5.92 Å². The summed E-state index contributed by atoms with van der Waals surface area (Å²) < 4.78 is 0. The molecule has 0 unspecified atom stereocenters. The molecule has 1 aliphatic rings. The SMILES string of the molecule is O=C(NNC(=O)C1CC1)c1csc(-c2ccccc2)n1. The standard InChI is InChI=1S/C14H13N3O2S/c18-12(9-6-7-9)16-17-13(19)11-8-20-14(15-11)10-4-2-1-3-5-10/h1-5,8-9H,6-7H2,(H,16,18)(H,17,19). The van der Waals surface area contributed by atoms with Crippen molar-refractivity contribution in [1.82, 2.24) is 15.8 Å². The number of benzene rings is 1. The minimum atomic E-state index is -0.391. The van der Waals surface area contributed by atoms with Crippen molar-refractivity contribution in [3.63, 3.8) is 0 Å². The quantitative estimate of drug-likeness (QED) is 0.848. The van der Waals surface area contributed by atoms with Crippen LogP contribution in [-0.2, 0) is 4.79 Å². The van der Waals surface area contributed by atoms with E-state index in [1.54, 1.807) is 5.38 Å². The van der Waals surface area contributed by atoms with E-state index < -0.39 is 5.91 Å². The molecule has 5 nitrogen and oxygen atoms in total. The third-order valence-corrected chi connectivity index (χ3v) is 3.90. The largest absolute Gasteiger partial charge is 0.289 e. The second-order valence-corrected chi connectivity index (χ2v) is 5.48. The monoisotopic (exact) mass is 287 g/mol. The van der Waals surface area contributed by atoms with Crippen LogP contribution in [0.3, 0.4) is 0 Å². The average molecular weight is 287 g/mol. The molecule has 1 heterocycles. The molecule has 0 radical (unpaired) electrons. The zero-order valence-electron chi connectivity index (χ0n) is 10.6. The summed E-state index contributed by atoms with van der Waals surface area (Å²) >= 11 is 1.40. The Morgan fingerprint density at radius 2 is 1.90 bits per heavy atom. The highest BCUT2D eigenvalue weighted by Gasteiger charge is 2.29. The summed E-state index contributed by atoms with van der Waals surface area (Å²) in [5, 5.41) is 2.46. The molecule has 2 aromatic rings. The molecule has 1 aromatic heterocycles. The number of nitrogens with one attached hydrogen (secondary N) is 2. The molecule has 1 aliphatic carbocycles. The molecular formula is C14H13N3O2S. The highest BCUT2D eigenvalue weighted by molar-refractivity contribution is 7.13. The Morgan fingerprint density at radius 1 is 1.15 bits per heavy atom. The van der Waals surface area contributed by atoms with E-state index in [-0.39, 0.29) is 11.8 Å². The maximum atomic E-state index is 11.9. The van der Waals surface area contributed by atoms with Crippen molar-refractivity contribution in [2.24, 2.45) is 5.92 Å². The lowest BCUT2D eigenvalue weighted by Gasteiger charge is -2.04. The lowest BCUT2D eigenvalue weighted by molar-refractivity contribution is -0.123. The second kappa shape index (κ2) is 5.42. The molecule has 2 N–H and O–H groups in total. The Hall–Kier alpha value is -2.21. The Bertz CT molecular complexity index is 635. The Morgan fingerprint density at radius 3 is 2.60 bits per heavy atom. The maximum Gasteiger partial charge on any atom is 0.289 e. The van der Waals surface area contributed by atoms with Gasteiger partial charge in [0.2, 0.25) is 5.91 Å². The van der Waals surface area contributed by atoms with Gasteiger partial charge in [0.25, 0.3) is 5.91 Å². The first-order chi connectivity index (χ1) is 9.74. The number of hydrogen-bond donors (Lipinski definition) is 2. The number of amides is 2. The topological polar surface area (TPSA) is 71.1 Å². The third kappa shape index (κ3) is 2.85. The molecule has 3 rings (SSSR count). The minimum Gasteiger partial charge on any atom is -0.273 e. The van der Waals surface area contributed by atoms with Crippen molar-refractivity contribution in [3.8, 4) is 10.6 Å². The Balaban J connectivity index is 1.64. The smallest absolute Gasteiger partial charge is 0.273 e. The fourth-order valence-electron chi connectivity index (χ4n) is 1.72.